The number of aromatic nitrogens is 6. The molecule has 0 unspecified atom stereocenters. The van der Waals surface area contributed by atoms with Gasteiger partial charge in [-0.05, 0) is 63.7 Å². The van der Waals surface area contributed by atoms with Crippen molar-refractivity contribution in [3.05, 3.63) is 111 Å². The summed E-state index contributed by atoms with van der Waals surface area (Å²) in [5.74, 6) is 1.33. The average molecular weight is 526 g/mol. The lowest BCUT2D eigenvalue weighted by molar-refractivity contribution is 0.169. The second-order valence-corrected chi connectivity index (χ2v) is 9.36. The van der Waals surface area contributed by atoms with Crippen LogP contribution in [0.4, 0.5) is 0 Å². The lowest BCUT2D eigenvalue weighted by Gasteiger charge is -2.31. The molecule has 5 aromatic rings. The number of tetrazole rings is 1. The van der Waals surface area contributed by atoms with Gasteiger partial charge >= 0.3 is 0 Å². The van der Waals surface area contributed by atoms with Crippen LogP contribution in [0.15, 0.2) is 77.9 Å². The van der Waals surface area contributed by atoms with E-state index < -0.39 is 6.04 Å². The highest BCUT2D eigenvalue weighted by molar-refractivity contribution is 5.82. The number of para-hydroxylation sites is 1. The van der Waals surface area contributed by atoms with Gasteiger partial charge in [0, 0.05) is 38.2 Å². The Bertz CT molecular complexity index is 1580. The van der Waals surface area contributed by atoms with Gasteiger partial charge in [0.25, 0.3) is 5.56 Å². The van der Waals surface area contributed by atoms with Gasteiger partial charge in [0.15, 0.2) is 5.82 Å². The average Bonchev–Trinajstić information content (AvgIpc) is 3.42. The Hall–Kier alpha value is -4.41. The first-order valence-electron chi connectivity index (χ1n) is 12.7. The van der Waals surface area contributed by atoms with Crippen LogP contribution in [0.1, 0.15) is 34.1 Å². The predicted molar refractivity (Wildman–Crippen MR) is 147 cm³/mol. The van der Waals surface area contributed by atoms with E-state index in [4.69, 9.17) is 9.47 Å². The fourth-order valence-electron chi connectivity index (χ4n) is 4.78. The van der Waals surface area contributed by atoms with E-state index >= 15 is 0 Å². The highest BCUT2D eigenvalue weighted by atomic mass is 16.5. The topological polar surface area (TPSA) is 111 Å². The van der Waals surface area contributed by atoms with Crippen molar-refractivity contribution in [2.45, 2.75) is 32.6 Å². The summed E-state index contributed by atoms with van der Waals surface area (Å²) in [5, 5.41) is 13.6. The largest absolute Gasteiger partial charge is 0.497 e. The van der Waals surface area contributed by atoms with Crippen LogP contribution in [-0.2, 0) is 24.4 Å². The number of hydrogen-bond donors (Lipinski definition) is 1. The molecule has 1 atom stereocenters. The molecule has 2 aromatic carbocycles. The van der Waals surface area contributed by atoms with Gasteiger partial charge in [0.2, 0.25) is 0 Å². The molecule has 0 bridgehead atoms. The smallest absolute Gasteiger partial charge is 0.253 e. The quantitative estimate of drug-likeness (QED) is 0.278. The summed E-state index contributed by atoms with van der Waals surface area (Å²) in [7, 11) is 3.28. The Labute approximate surface area is 226 Å². The summed E-state index contributed by atoms with van der Waals surface area (Å²) >= 11 is 0. The number of nitrogens with one attached hydrogen (secondary N) is 1. The van der Waals surface area contributed by atoms with Gasteiger partial charge in [-0.25, -0.2) is 4.68 Å². The van der Waals surface area contributed by atoms with Crippen LogP contribution in [0, 0.1) is 6.92 Å². The monoisotopic (exact) mass is 525 g/mol. The van der Waals surface area contributed by atoms with E-state index in [9.17, 15) is 4.79 Å². The number of benzene rings is 2. The molecule has 3 aromatic heterocycles. The molecular weight excluding hydrogens is 494 g/mol. The number of fused-ring (bicyclic) bond motifs is 1. The van der Waals surface area contributed by atoms with Gasteiger partial charge in [-0.15, -0.1) is 5.10 Å². The Morgan fingerprint density at radius 2 is 1.85 bits per heavy atom. The molecule has 0 saturated carbocycles. The Morgan fingerprint density at radius 3 is 2.59 bits per heavy atom. The number of pyridine rings is 2. The first-order valence-corrected chi connectivity index (χ1v) is 12.7. The fourth-order valence-corrected chi connectivity index (χ4v) is 4.78. The Morgan fingerprint density at radius 1 is 1.03 bits per heavy atom. The SMILES string of the molecule is COCCn1nnnc1[C@@H](c1cc2cccc(C)c2[nH]c1=O)N(Cc1ccc(OC)cc1)Cc1cccnc1. The molecule has 1 N–H and O–H groups in total. The van der Waals surface area contributed by atoms with Crippen LogP contribution in [0.25, 0.3) is 10.9 Å². The zero-order valence-electron chi connectivity index (χ0n) is 22.2. The molecule has 0 aliphatic carbocycles. The lowest BCUT2D eigenvalue weighted by Crippen LogP contribution is -2.35. The molecule has 5 rings (SSSR count). The molecule has 10 heteroatoms. The number of ether oxygens (including phenoxy) is 2. The molecule has 3 heterocycles. The zero-order chi connectivity index (χ0) is 27.2. The molecule has 0 amide bonds. The first-order chi connectivity index (χ1) is 19.1. The minimum atomic E-state index is -0.562. The summed E-state index contributed by atoms with van der Waals surface area (Å²) in [6.45, 7) is 3.89. The number of aromatic amines is 1. The standard InChI is InChI=1S/C29H31N7O3/c1-20-6-4-8-23-16-25(29(37)31-26(20)23)27(28-32-33-34-36(28)14-15-38-2)35(19-22-7-5-13-30-17-22)18-21-9-11-24(39-3)12-10-21/h4-13,16-17,27H,14-15,18-19H2,1-3H3,(H,31,37)/t27-/m1/s1. The van der Waals surface area contributed by atoms with Crippen LogP contribution in [0.2, 0.25) is 0 Å². The number of nitrogens with zero attached hydrogens (tertiary/aromatic N) is 6. The Kier molecular flexibility index (Phi) is 8.04. The summed E-state index contributed by atoms with van der Waals surface area (Å²) < 4.78 is 12.4. The second-order valence-electron chi connectivity index (χ2n) is 9.36. The van der Waals surface area contributed by atoms with Gasteiger partial charge in [0.05, 0.1) is 25.8 Å². The van der Waals surface area contributed by atoms with Crippen molar-refractivity contribution < 1.29 is 9.47 Å². The van der Waals surface area contributed by atoms with Crippen molar-refractivity contribution >= 4 is 10.9 Å². The molecule has 0 aliphatic heterocycles. The van der Waals surface area contributed by atoms with Gasteiger partial charge in [-0.2, -0.15) is 0 Å². The van der Waals surface area contributed by atoms with Gasteiger partial charge in [0.1, 0.15) is 11.8 Å². The van der Waals surface area contributed by atoms with Gasteiger partial charge in [-0.1, -0.05) is 36.4 Å². The first kappa shape index (κ1) is 26.2. The number of H-pyrrole nitrogens is 1. The number of methoxy groups -OCH3 is 2. The van der Waals surface area contributed by atoms with Crippen molar-refractivity contribution in [1.82, 2.24) is 35.1 Å². The van der Waals surface area contributed by atoms with E-state index in [1.807, 2.05) is 73.8 Å². The van der Waals surface area contributed by atoms with Crippen LogP contribution >= 0.6 is 0 Å². The number of rotatable bonds is 11. The van der Waals surface area contributed by atoms with Gasteiger partial charge < -0.3 is 14.5 Å². The van der Waals surface area contributed by atoms with E-state index in [-0.39, 0.29) is 5.56 Å². The maximum absolute atomic E-state index is 13.7. The van der Waals surface area contributed by atoms with Crippen molar-refractivity contribution in [3.8, 4) is 5.75 Å². The molecule has 0 radical (unpaired) electrons. The number of hydrogen-bond acceptors (Lipinski definition) is 8. The van der Waals surface area contributed by atoms with Crippen LogP contribution in [0.3, 0.4) is 0 Å². The summed E-state index contributed by atoms with van der Waals surface area (Å²) in [5.41, 5.74) is 4.24. The van der Waals surface area contributed by atoms with Crippen molar-refractivity contribution in [2.75, 3.05) is 20.8 Å². The van der Waals surface area contributed by atoms with E-state index in [1.165, 1.54) is 0 Å². The third kappa shape index (κ3) is 5.87. The fraction of sp³-hybridized carbons (Fsp3) is 0.276. The normalized spacial score (nSPS) is 12.2. The molecule has 39 heavy (non-hydrogen) atoms. The summed E-state index contributed by atoms with van der Waals surface area (Å²) in [6.07, 6.45) is 3.58. The Balaban J connectivity index is 1.68. The maximum Gasteiger partial charge on any atom is 0.253 e. The van der Waals surface area contributed by atoms with Crippen LogP contribution < -0.4 is 10.3 Å². The molecule has 0 aliphatic rings. The predicted octanol–water partition coefficient (Wildman–Crippen LogP) is 3.66. The van der Waals surface area contributed by atoms with Crippen molar-refractivity contribution in [2.24, 2.45) is 0 Å². The molecule has 0 saturated heterocycles. The third-order valence-corrected chi connectivity index (χ3v) is 6.74. The van der Waals surface area contributed by atoms with Crippen molar-refractivity contribution in [1.29, 1.82) is 0 Å². The van der Waals surface area contributed by atoms with E-state index in [0.29, 0.717) is 37.6 Å². The van der Waals surface area contributed by atoms with Crippen LogP contribution in [0.5, 0.6) is 5.75 Å². The van der Waals surface area contributed by atoms with Crippen molar-refractivity contribution in [3.63, 3.8) is 0 Å². The third-order valence-electron chi connectivity index (χ3n) is 6.74. The van der Waals surface area contributed by atoms with Crippen LogP contribution in [-0.4, -0.2) is 55.9 Å². The minimum absolute atomic E-state index is 0.186. The molecule has 10 nitrogen and oxygen atoms in total. The molecule has 0 spiro atoms. The number of aryl methyl sites for hydroxylation is 1. The molecule has 0 fully saturated rings. The lowest BCUT2D eigenvalue weighted by atomic mass is 10.0. The van der Waals surface area contributed by atoms with Gasteiger partial charge in [-0.3, -0.25) is 14.7 Å². The zero-order valence-corrected chi connectivity index (χ0v) is 22.2. The summed E-state index contributed by atoms with van der Waals surface area (Å²) in [4.78, 5) is 23.4. The minimum Gasteiger partial charge on any atom is -0.497 e. The van der Waals surface area contributed by atoms with E-state index in [1.54, 1.807) is 25.1 Å². The van der Waals surface area contributed by atoms with E-state index in [0.717, 1.165) is 33.3 Å². The second kappa shape index (κ2) is 12.0. The maximum atomic E-state index is 13.7. The van der Waals surface area contributed by atoms with E-state index in [2.05, 4.69) is 30.4 Å². The molecule has 200 valence electrons. The highest BCUT2D eigenvalue weighted by Crippen LogP contribution is 2.30. The highest BCUT2D eigenvalue weighted by Gasteiger charge is 2.31. The molecular formula is C29H31N7O3. The summed E-state index contributed by atoms with van der Waals surface area (Å²) in [6, 6.07) is 19.2.